The van der Waals surface area contributed by atoms with Gasteiger partial charge in [0.15, 0.2) is 17.5 Å². The molecule has 3 nitrogen and oxygen atoms in total. The molecule has 1 aromatic carbocycles. The van der Waals surface area contributed by atoms with Gasteiger partial charge in [-0.1, -0.05) is 6.92 Å². The van der Waals surface area contributed by atoms with Crippen molar-refractivity contribution in [2.75, 3.05) is 11.9 Å². The molecule has 0 fully saturated rings. The maximum absolute atomic E-state index is 13.0. The topological polar surface area (TPSA) is 37.8 Å². The minimum atomic E-state index is -0.889. The second-order valence-electron chi connectivity index (χ2n) is 3.48. The highest BCUT2D eigenvalue weighted by molar-refractivity contribution is 7.09. The van der Waals surface area contributed by atoms with Crippen LogP contribution in [0.5, 0.6) is 0 Å². The second-order valence-corrected chi connectivity index (χ2v) is 4.23. The molecule has 0 saturated heterocycles. The van der Waals surface area contributed by atoms with E-state index in [4.69, 9.17) is 0 Å². The number of anilines is 1. The van der Waals surface area contributed by atoms with Gasteiger partial charge in [-0.2, -0.15) is 9.36 Å². The zero-order chi connectivity index (χ0) is 12.3. The van der Waals surface area contributed by atoms with Crippen LogP contribution in [0.15, 0.2) is 18.2 Å². The minimum Gasteiger partial charge on any atom is -0.360 e. The molecule has 2 rings (SSSR count). The molecule has 2 aromatic rings. The van der Waals surface area contributed by atoms with E-state index in [0.29, 0.717) is 16.5 Å². The molecular formula is C11H11F2N3S. The van der Waals surface area contributed by atoms with Gasteiger partial charge in [0.05, 0.1) is 0 Å². The lowest BCUT2D eigenvalue weighted by Gasteiger charge is -1.97. The van der Waals surface area contributed by atoms with Crippen LogP contribution in [0.1, 0.15) is 13.3 Å². The van der Waals surface area contributed by atoms with Crippen LogP contribution in [0.4, 0.5) is 13.9 Å². The Bertz CT molecular complexity index is 513. The molecule has 0 aliphatic rings. The third-order valence-electron chi connectivity index (χ3n) is 2.13. The predicted octanol–water partition coefficient (Wildman–Crippen LogP) is 3.31. The van der Waals surface area contributed by atoms with Crippen molar-refractivity contribution >= 4 is 16.7 Å². The maximum Gasteiger partial charge on any atom is 0.202 e. The molecule has 0 aliphatic heterocycles. The van der Waals surface area contributed by atoms with Crippen molar-refractivity contribution in [1.82, 2.24) is 9.36 Å². The molecule has 0 saturated carbocycles. The third-order valence-corrected chi connectivity index (χ3v) is 2.80. The lowest BCUT2D eigenvalue weighted by Crippen LogP contribution is -1.98. The molecule has 1 N–H and O–H groups in total. The van der Waals surface area contributed by atoms with Gasteiger partial charge in [-0.3, -0.25) is 0 Å². The van der Waals surface area contributed by atoms with Crippen molar-refractivity contribution in [2.24, 2.45) is 0 Å². The van der Waals surface area contributed by atoms with E-state index in [1.165, 1.54) is 17.6 Å². The number of benzene rings is 1. The molecule has 1 heterocycles. The average molecular weight is 255 g/mol. The monoisotopic (exact) mass is 255 g/mol. The van der Waals surface area contributed by atoms with E-state index in [1.807, 2.05) is 6.92 Å². The summed E-state index contributed by atoms with van der Waals surface area (Å²) in [7, 11) is 0. The van der Waals surface area contributed by atoms with Gasteiger partial charge in [0, 0.05) is 23.6 Å². The van der Waals surface area contributed by atoms with Crippen LogP contribution < -0.4 is 5.32 Å². The Hall–Kier alpha value is -1.56. The van der Waals surface area contributed by atoms with E-state index in [1.54, 1.807) is 0 Å². The molecule has 0 spiro atoms. The molecule has 0 radical (unpaired) electrons. The summed E-state index contributed by atoms with van der Waals surface area (Å²) in [6.07, 6.45) is 0.986. The van der Waals surface area contributed by atoms with Crippen molar-refractivity contribution in [3.63, 3.8) is 0 Å². The Morgan fingerprint density at radius 2 is 2.12 bits per heavy atom. The van der Waals surface area contributed by atoms with E-state index in [2.05, 4.69) is 14.7 Å². The fourth-order valence-corrected chi connectivity index (χ4v) is 1.89. The van der Waals surface area contributed by atoms with Gasteiger partial charge in [-0.25, -0.2) is 8.78 Å². The molecule has 1 aromatic heterocycles. The molecule has 17 heavy (non-hydrogen) atoms. The number of hydrogen-bond donors (Lipinski definition) is 1. The third kappa shape index (κ3) is 2.76. The van der Waals surface area contributed by atoms with Crippen LogP contribution in [0, 0.1) is 11.6 Å². The van der Waals surface area contributed by atoms with Crippen LogP contribution >= 0.6 is 11.5 Å². The number of halogens is 2. The van der Waals surface area contributed by atoms with Crippen molar-refractivity contribution in [3.05, 3.63) is 29.8 Å². The van der Waals surface area contributed by atoms with Crippen LogP contribution in [-0.2, 0) is 0 Å². The normalized spacial score (nSPS) is 10.5. The first-order valence-electron chi connectivity index (χ1n) is 5.23. The molecule has 0 atom stereocenters. The molecule has 6 heteroatoms. The lowest BCUT2D eigenvalue weighted by molar-refractivity contribution is 0.509. The standard InChI is InChI=1S/C11H11F2N3S/c1-2-5-14-11-15-10(16-17-11)7-3-4-8(12)9(13)6-7/h3-4,6H,2,5H2,1H3,(H,14,15,16). The quantitative estimate of drug-likeness (QED) is 0.910. The Kier molecular flexibility index (Phi) is 3.63. The maximum atomic E-state index is 13.0. The number of nitrogens with one attached hydrogen (secondary N) is 1. The van der Waals surface area contributed by atoms with E-state index >= 15 is 0 Å². The highest BCUT2D eigenvalue weighted by Gasteiger charge is 2.09. The largest absolute Gasteiger partial charge is 0.360 e. The van der Waals surface area contributed by atoms with Gasteiger partial charge in [0.2, 0.25) is 5.13 Å². The molecule has 0 amide bonds. The Morgan fingerprint density at radius 3 is 2.82 bits per heavy atom. The van der Waals surface area contributed by atoms with Gasteiger partial charge >= 0.3 is 0 Å². The van der Waals surface area contributed by atoms with Gasteiger partial charge in [-0.05, 0) is 24.6 Å². The average Bonchev–Trinajstić information content (AvgIpc) is 2.79. The summed E-state index contributed by atoms with van der Waals surface area (Å²) in [5.74, 6) is -1.35. The fourth-order valence-electron chi connectivity index (χ4n) is 1.28. The summed E-state index contributed by atoms with van der Waals surface area (Å²) < 4.78 is 29.9. The number of aromatic nitrogens is 2. The summed E-state index contributed by atoms with van der Waals surface area (Å²) in [5, 5.41) is 3.77. The zero-order valence-corrected chi connectivity index (χ0v) is 10.0. The van der Waals surface area contributed by atoms with Gasteiger partial charge in [-0.15, -0.1) is 0 Å². The molecular weight excluding hydrogens is 244 g/mol. The van der Waals surface area contributed by atoms with Crippen molar-refractivity contribution < 1.29 is 8.78 Å². The van der Waals surface area contributed by atoms with Gasteiger partial charge in [0.25, 0.3) is 0 Å². The summed E-state index contributed by atoms with van der Waals surface area (Å²) in [4.78, 5) is 4.20. The Balaban J connectivity index is 2.21. The van der Waals surface area contributed by atoms with E-state index in [-0.39, 0.29) is 0 Å². The zero-order valence-electron chi connectivity index (χ0n) is 9.20. The van der Waals surface area contributed by atoms with E-state index in [0.717, 1.165) is 25.1 Å². The van der Waals surface area contributed by atoms with E-state index in [9.17, 15) is 8.78 Å². The summed E-state index contributed by atoms with van der Waals surface area (Å²) in [5.41, 5.74) is 0.477. The van der Waals surface area contributed by atoms with Crippen LogP contribution in [0.2, 0.25) is 0 Å². The first kappa shape index (κ1) is 11.9. The number of nitrogens with zero attached hydrogens (tertiary/aromatic N) is 2. The Morgan fingerprint density at radius 1 is 1.29 bits per heavy atom. The summed E-state index contributed by atoms with van der Waals surface area (Å²) in [6, 6.07) is 3.63. The highest BCUT2D eigenvalue weighted by Crippen LogP contribution is 2.22. The summed E-state index contributed by atoms with van der Waals surface area (Å²) >= 11 is 1.21. The SMILES string of the molecule is CCCNc1nc(-c2ccc(F)c(F)c2)ns1. The molecule has 0 unspecified atom stereocenters. The molecule has 0 bridgehead atoms. The minimum absolute atomic E-state index is 0.410. The lowest BCUT2D eigenvalue weighted by atomic mass is 10.2. The number of rotatable bonds is 4. The van der Waals surface area contributed by atoms with Gasteiger partial charge in [0.1, 0.15) is 0 Å². The van der Waals surface area contributed by atoms with Crippen molar-refractivity contribution in [1.29, 1.82) is 0 Å². The Labute approximate surface area is 102 Å². The highest BCUT2D eigenvalue weighted by atomic mass is 32.1. The smallest absolute Gasteiger partial charge is 0.202 e. The van der Waals surface area contributed by atoms with Crippen molar-refractivity contribution in [3.8, 4) is 11.4 Å². The fraction of sp³-hybridized carbons (Fsp3) is 0.273. The molecule has 0 aliphatic carbocycles. The first-order valence-corrected chi connectivity index (χ1v) is 6.01. The van der Waals surface area contributed by atoms with Crippen LogP contribution in [0.3, 0.4) is 0 Å². The molecule has 90 valence electrons. The van der Waals surface area contributed by atoms with Gasteiger partial charge < -0.3 is 5.32 Å². The van der Waals surface area contributed by atoms with Crippen LogP contribution in [0.25, 0.3) is 11.4 Å². The van der Waals surface area contributed by atoms with Crippen molar-refractivity contribution in [2.45, 2.75) is 13.3 Å². The second kappa shape index (κ2) is 5.18. The predicted molar refractivity (Wildman–Crippen MR) is 64.0 cm³/mol. The first-order chi connectivity index (χ1) is 8.20. The van der Waals surface area contributed by atoms with Crippen LogP contribution in [-0.4, -0.2) is 15.9 Å². The van der Waals surface area contributed by atoms with E-state index < -0.39 is 11.6 Å². The summed E-state index contributed by atoms with van der Waals surface area (Å²) in [6.45, 7) is 2.86. The number of hydrogen-bond acceptors (Lipinski definition) is 4.